The van der Waals surface area contributed by atoms with Gasteiger partial charge < -0.3 is 15.4 Å². The highest BCUT2D eigenvalue weighted by molar-refractivity contribution is 6.32. The molecule has 0 unspecified atom stereocenters. The lowest BCUT2D eigenvalue weighted by molar-refractivity contribution is -0.137. The van der Waals surface area contributed by atoms with Crippen molar-refractivity contribution in [2.24, 2.45) is 0 Å². The second kappa shape index (κ2) is 7.18. The normalized spacial score (nSPS) is 11.3. The molecule has 0 saturated carbocycles. The largest absolute Gasteiger partial charge is 0.453 e. The van der Waals surface area contributed by atoms with E-state index < -0.39 is 28.3 Å². The number of carbonyl (C=O) groups excluding carboxylic acids is 1. The molecular weight excluding hydrogens is 364 g/mol. The summed E-state index contributed by atoms with van der Waals surface area (Å²) < 4.78 is 57.1. The lowest BCUT2D eigenvalue weighted by atomic mass is 10.2. The van der Waals surface area contributed by atoms with E-state index in [-0.39, 0.29) is 11.4 Å². The van der Waals surface area contributed by atoms with Gasteiger partial charge in [0.1, 0.15) is 5.75 Å². The molecule has 0 aliphatic rings. The molecule has 2 rings (SSSR count). The molecule has 0 aliphatic carbocycles. The van der Waals surface area contributed by atoms with Gasteiger partial charge in [0, 0.05) is 12.6 Å². The van der Waals surface area contributed by atoms with Gasteiger partial charge in [-0.05, 0) is 31.2 Å². The Hall–Kier alpha value is -2.48. The molecule has 25 heavy (non-hydrogen) atoms. The maximum Gasteiger partial charge on any atom is 0.416 e. The number of carbonyl (C=O) groups is 1. The topological polar surface area (TPSA) is 55.6 Å². The average molecular weight is 377 g/mol. The van der Waals surface area contributed by atoms with Crippen LogP contribution in [0.15, 0.2) is 30.3 Å². The summed E-state index contributed by atoms with van der Waals surface area (Å²) in [4.78, 5) is 12.3. The summed E-state index contributed by atoms with van der Waals surface area (Å²) in [7, 11) is 0. The molecule has 2 aromatic rings. The first-order valence-corrected chi connectivity index (χ1v) is 7.40. The predicted octanol–water partition coefficient (Wildman–Crippen LogP) is 4.86. The van der Waals surface area contributed by atoms with Crippen LogP contribution in [-0.2, 0) is 11.0 Å². The van der Waals surface area contributed by atoms with Crippen LogP contribution in [0.4, 0.5) is 28.9 Å². The van der Waals surface area contributed by atoms with E-state index in [4.69, 9.17) is 22.1 Å². The number of benzene rings is 2. The lowest BCUT2D eigenvalue weighted by Crippen LogP contribution is -2.21. The fourth-order valence-corrected chi connectivity index (χ4v) is 2.34. The summed E-state index contributed by atoms with van der Waals surface area (Å²) in [6.07, 6.45) is -4.13. The molecule has 9 heteroatoms. The van der Waals surface area contributed by atoms with Crippen molar-refractivity contribution in [3.05, 3.63) is 46.7 Å². The number of nitrogens with two attached hydrogens (primary N) is 1. The summed E-state index contributed by atoms with van der Waals surface area (Å²) in [6.45, 7) is 2.13. The van der Waals surface area contributed by atoms with Gasteiger partial charge in [-0.15, -0.1) is 0 Å². The smallest absolute Gasteiger partial charge is 0.416 e. The average Bonchev–Trinajstić information content (AvgIpc) is 2.52. The maximum absolute atomic E-state index is 13.9. The van der Waals surface area contributed by atoms with E-state index in [0.717, 1.165) is 0 Å². The van der Waals surface area contributed by atoms with Gasteiger partial charge >= 0.3 is 6.18 Å². The van der Waals surface area contributed by atoms with Crippen LogP contribution in [0.2, 0.25) is 5.02 Å². The van der Waals surface area contributed by atoms with Crippen molar-refractivity contribution in [2.75, 3.05) is 17.2 Å². The van der Waals surface area contributed by atoms with E-state index in [1.165, 1.54) is 23.1 Å². The van der Waals surface area contributed by atoms with Gasteiger partial charge in [0.2, 0.25) is 6.41 Å². The van der Waals surface area contributed by atoms with Crippen molar-refractivity contribution in [3.8, 4) is 11.5 Å². The van der Waals surface area contributed by atoms with E-state index in [2.05, 4.69) is 0 Å². The van der Waals surface area contributed by atoms with Crippen molar-refractivity contribution >= 4 is 29.4 Å². The van der Waals surface area contributed by atoms with Gasteiger partial charge in [0.25, 0.3) is 0 Å². The molecule has 0 aromatic heterocycles. The van der Waals surface area contributed by atoms with Crippen LogP contribution >= 0.6 is 11.6 Å². The number of amides is 1. The third-order valence-corrected chi connectivity index (χ3v) is 3.60. The molecule has 0 fully saturated rings. The molecule has 0 radical (unpaired) electrons. The molecule has 0 atom stereocenters. The van der Waals surface area contributed by atoms with Crippen molar-refractivity contribution in [3.63, 3.8) is 0 Å². The van der Waals surface area contributed by atoms with Gasteiger partial charge in [0.05, 0.1) is 22.0 Å². The van der Waals surface area contributed by atoms with Crippen molar-refractivity contribution < 1.29 is 27.1 Å². The molecule has 134 valence electrons. The van der Waals surface area contributed by atoms with Crippen molar-refractivity contribution in [1.82, 2.24) is 0 Å². The first-order chi connectivity index (χ1) is 11.7. The SMILES string of the molecule is CCN(C=O)c1ccc(Oc2c(F)cc(C(F)(F)F)cc2Cl)cc1N. The van der Waals surface area contributed by atoms with E-state index in [1.54, 1.807) is 6.92 Å². The molecule has 0 aliphatic heterocycles. The van der Waals surface area contributed by atoms with E-state index in [1.807, 2.05) is 0 Å². The molecule has 0 bridgehead atoms. The van der Waals surface area contributed by atoms with Crippen molar-refractivity contribution in [1.29, 1.82) is 0 Å². The fourth-order valence-electron chi connectivity index (χ4n) is 2.10. The van der Waals surface area contributed by atoms with Crippen LogP contribution in [0.3, 0.4) is 0 Å². The van der Waals surface area contributed by atoms with Crippen LogP contribution in [0, 0.1) is 5.82 Å². The molecule has 2 aromatic carbocycles. The zero-order chi connectivity index (χ0) is 18.8. The summed E-state index contributed by atoms with van der Waals surface area (Å²) >= 11 is 5.71. The Kier molecular flexibility index (Phi) is 5.42. The van der Waals surface area contributed by atoms with E-state index in [0.29, 0.717) is 30.8 Å². The number of hydrogen-bond acceptors (Lipinski definition) is 3. The number of halogens is 5. The highest BCUT2D eigenvalue weighted by Gasteiger charge is 2.32. The number of alkyl halides is 3. The van der Waals surface area contributed by atoms with Crippen molar-refractivity contribution in [2.45, 2.75) is 13.1 Å². The Morgan fingerprint density at radius 3 is 2.44 bits per heavy atom. The number of nitrogen functional groups attached to an aromatic ring is 1. The summed E-state index contributed by atoms with van der Waals surface area (Å²) in [5, 5.41) is -0.530. The molecule has 2 N–H and O–H groups in total. The van der Waals surface area contributed by atoms with Crippen LogP contribution < -0.4 is 15.4 Å². The van der Waals surface area contributed by atoms with Crippen LogP contribution in [-0.4, -0.2) is 13.0 Å². The maximum atomic E-state index is 13.9. The highest BCUT2D eigenvalue weighted by Crippen LogP contribution is 2.39. The van der Waals surface area contributed by atoms with Gasteiger partial charge in [0.15, 0.2) is 11.6 Å². The highest BCUT2D eigenvalue weighted by atomic mass is 35.5. The first-order valence-electron chi connectivity index (χ1n) is 7.03. The summed E-state index contributed by atoms with van der Waals surface area (Å²) in [5.41, 5.74) is 5.20. The van der Waals surface area contributed by atoms with Gasteiger partial charge in [-0.1, -0.05) is 11.6 Å². The molecular formula is C16H13ClF4N2O2. The minimum absolute atomic E-state index is 0.0590. The van der Waals surface area contributed by atoms with Crippen LogP contribution in [0.5, 0.6) is 11.5 Å². The molecule has 0 saturated heterocycles. The van der Waals surface area contributed by atoms with E-state index >= 15 is 0 Å². The molecule has 0 heterocycles. The third kappa shape index (κ3) is 4.14. The molecule has 4 nitrogen and oxygen atoms in total. The second-order valence-electron chi connectivity index (χ2n) is 4.98. The summed E-state index contributed by atoms with van der Waals surface area (Å²) in [5.74, 6) is -1.75. The Labute approximate surface area is 145 Å². The Balaban J connectivity index is 2.34. The second-order valence-corrected chi connectivity index (χ2v) is 5.39. The predicted molar refractivity (Wildman–Crippen MR) is 86.4 cm³/mol. The zero-order valence-corrected chi connectivity index (χ0v) is 13.7. The number of hydrogen-bond donors (Lipinski definition) is 1. The minimum Gasteiger partial charge on any atom is -0.453 e. The number of anilines is 2. The Morgan fingerprint density at radius 1 is 1.28 bits per heavy atom. The Bertz CT molecular complexity index is 773. The first kappa shape index (κ1) is 18.9. The van der Waals surface area contributed by atoms with Gasteiger partial charge in [-0.2, -0.15) is 13.2 Å². The summed E-state index contributed by atoms with van der Waals surface area (Å²) in [6, 6.07) is 5.05. The standard InChI is InChI=1S/C16H13ClF4N2O2/c1-2-23(8-24)14-4-3-10(7-13(14)22)25-15-11(17)5-9(6-12(15)18)16(19,20)21/h3-8H,2,22H2,1H3. The van der Waals surface area contributed by atoms with E-state index in [9.17, 15) is 22.4 Å². The Morgan fingerprint density at radius 2 is 1.96 bits per heavy atom. The van der Waals surface area contributed by atoms with Crippen LogP contribution in [0.25, 0.3) is 0 Å². The van der Waals surface area contributed by atoms with Gasteiger partial charge in [-0.3, -0.25) is 4.79 Å². The lowest BCUT2D eigenvalue weighted by Gasteiger charge is -2.18. The minimum atomic E-state index is -4.73. The molecule has 0 spiro atoms. The number of ether oxygens (including phenoxy) is 1. The zero-order valence-electron chi connectivity index (χ0n) is 12.9. The molecule has 1 amide bonds. The third-order valence-electron chi connectivity index (χ3n) is 3.32. The quantitative estimate of drug-likeness (QED) is 0.461. The number of rotatable bonds is 5. The monoisotopic (exact) mass is 376 g/mol. The number of nitrogens with zero attached hydrogens (tertiary/aromatic N) is 1. The van der Waals surface area contributed by atoms with Gasteiger partial charge in [-0.25, -0.2) is 4.39 Å². The van der Waals surface area contributed by atoms with Crippen LogP contribution in [0.1, 0.15) is 12.5 Å². The fraction of sp³-hybridized carbons (Fsp3) is 0.188.